The van der Waals surface area contributed by atoms with Crippen molar-refractivity contribution in [2.75, 3.05) is 23.9 Å². The number of rotatable bonds is 39. The Labute approximate surface area is 734 Å². The van der Waals surface area contributed by atoms with Crippen molar-refractivity contribution < 1.29 is 73.8 Å². The molecule has 3 fully saturated rings. The summed E-state index contributed by atoms with van der Waals surface area (Å²) in [5.41, 5.74) is 9.27. The third-order valence-electron chi connectivity index (χ3n) is 24.7. The number of nitrogens with zero attached hydrogens (tertiary/aromatic N) is 1. The lowest BCUT2D eigenvalue weighted by Crippen LogP contribution is -2.66. The van der Waals surface area contributed by atoms with Crippen LogP contribution in [0, 0.1) is 11.7 Å². The molecule has 0 aromatic heterocycles. The molecule has 650 valence electrons. The number of hydrogen-bond acceptors (Lipinski definition) is 15. The Balaban J connectivity index is 0.918. The maximum Gasteiger partial charge on any atom is 0.250 e. The van der Waals surface area contributed by atoms with Gasteiger partial charge in [-0.3, -0.25) is 4.79 Å². The van der Waals surface area contributed by atoms with Crippen LogP contribution in [-0.2, 0) is 113 Å². The third kappa shape index (κ3) is 23.4. The maximum absolute atomic E-state index is 17.4. The number of anilines is 1. The number of amides is 1. The monoisotopic (exact) mass is 1730 g/mol. The van der Waals surface area contributed by atoms with Gasteiger partial charge in [0.2, 0.25) is 14.2 Å². The highest BCUT2D eigenvalue weighted by Crippen LogP contribution is 2.51. The molecule has 0 spiro atoms. The fourth-order valence-corrected chi connectivity index (χ4v) is 19.9. The third-order valence-corrected chi connectivity index (χ3v) is 35.3. The highest BCUT2D eigenvalue weighted by atomic mass is 32.2. The summed E-state index contributed by atoms with van der Waals surface area (Å²) in [5, 5.41) is -0.335. The second-order valence-corrected chi connectivity index (χ2v) is 47.2. The van der Waals surface area contributed by atoms with Crippen LogP contribution in [0.4, 0.5) is 10.1 Å². The molecular formula is C104H118FNO15SSi2. The fraction of sp³-hybridized carbons (Fsp3) is 0.356. The highest BCUT2D eigenvalue weighted by Gasteiger charge is 2.57. The summed E-state index contributed by atoms with van der Waals surface area (Å²) in [6, 6.07) is 97.5. The van der Waals surface area contributed by atoms with Crippen molar-refractivity contribution in [3.8, 4) is 16.9 Å². The summed E-state index contributed by atoms with van der Waals surface area (Å²) < 4.78 is 138. The average molecular weight is 1730 g/mol. The van der Waals surface area contributed by atoms with Gasteiger partial charge < -0.3 is 61.1 Å². The van der Waals surface area contributed by atoms with Gasteiger partial charge in [0, 0.05) is 5.69 Å². The van der Waals surface area contributed by atoms with E-state index in [9.17, 15) is 4.39 Å². The number of carbonyl (C=O) groups excluding carboxylic acids is 1. The van der Waals surface area contributed by atoms with E-state index in [0.717, 1.165) is 50.1 Å². The first-order valence-corrected chi connectivity index (χ1v) is 50.7. The van der Waals surface area contributed by atoms with Crippen LogP contribution < -0.4 is 9.33 Å². The number of halogens is 1. The normalized spacial score (nSPS) is 21.7. The standard InChI is InChI=1S/C104H118FNO15SSi2/c1-103(2,3)123(7,8)120-86-53-35-50-82(62-86)83-56-59-87(94-88(101(107)106(94)85-51-33-18-34-52-85)60-61-89(81-54-57-84(105)58-55-81)121-124(9,10)104(4,5)6)93(63-83)122(108,109)73-92-96(113-67-77-42-25-14-26-43-77)98(114-68-78-44-27-15-28-45-78)97(91(117-92)72-111-65-75-38-21-12-22-39-75)119-102-100(116-70-80-48-31-17-32-49-80)99(115-69-79-46-29-16-30-47-79)95(112-66-76-40-23-13-24-41-76)90(118-102)71-110-64-74-36-19-11-20-37-74/h11-59,62-63,88-92,94-100,102H,60-61,64-73H2,1-10H3/t88-,89+,90?,91?,92+,94-,95-,96?,97-,98-,99+,100?,102+/m1/s1. The molecule has 0 N–H and O–H groups in total. The van der Waals surface area contributed by atoms with E-state index in [0.29, 0.717) is 29.0 Å². The van der Waals surface area contributed by atoms with E-state index in [1.807, 2.05) is 279 Å². The molecule has 20 heteroatoms. The van der Waals surface area contributed by atoms with Gasteiger partial charge in [0.25, 0.3) is 0 Å². The minimum Gasteiger partial charge on any atom is -0.543 e. The van der Waals surface area contributed by atoms with Crippen LogP contribution >= 0.6 is 0 Å². The number of carbonyl (C=O) groups is 1. The van der Waals surface area contributed by atoms with E-state index in [4.69, 9.17) is 56.2 Å². The summed E-state index contributed by atoms with van der Waals surface area (Å²) in [6.45, 7) is 22.6. The average Bonchev–Trinajstić information content (AvgIpc) is 0.723. The highest BCUT2D eigenvalue weighted by molar-refractivity contribution is 7.91. The van der Waals surface area contributed by atoms with Gasteiger partial charge in [0.05, 0.1) is 88.2 Å². The van der Waals surface area contributed by atoms with E-state index < -0.39 is 112 Å². The number of sulfone groups is 1. The van der Waals surface area contributed by atoms with E-state index in [1.54, 1.807) is 23.1 Å². The molecule has 16 nitrogen and oxygen atoms in total. The van der Waals surface area contributed by atoms with Gasteiger partial charge in [-0.05, 0) is 153 Å². The Kier molecular flexibility index (Phi) is 30.6. The number of hydrogen-bond donors (Lipinski definition) is 0. The van der Waals surface area contributed by atoms with Crippen molar-refractivity contribution in [3.63, 3.8) is 0 Å². The summed E-state index contributed by atoms with van der Waals surface area (Å²) in [6.07, 6.45) is -11.1. The molecule has 4 unspecified atom stereocenters. The first-order chi connectivity index (χ1) is 59.8. The lowest BCUT2D eigenvalue weighted by Gasteiger charge is -2.50. The van der Waals surface area contributed by atoms with Crippen molar-refractivity contribution >= 4 is 38.1 Å². The Hall–Kier alpha value is -9.44. The van der Waals surface area contributed by atoms with E-state index >= 15 is 13.2 Å². The first kappa shape index (κ1) is 90.8. The molecule has 3 aliphatic heterocycles. The molecule has 11 aromatic rings. The Morgan fingerprint density at radius 3 is 1.28 bits per heavy atom. The number of para-hydroxylation sites is 1. The van der Waals surface area contributed by atoms with Crippen LogP contribution in [0.2, 0.25) is 36.3 Å². The Morgan fingerprint density at radius 2 is 0.823 bits per heavy atom. The summed E-state index contributed by atoms with van der Waals surface area (Å²) in [4.78, 5) is 17.3. The molecule has 0 saturated carbocycles. The van der Waals surface area contributed by atoms with Crippen molar-refractivity contribution in [2.45, 2.75) is 215 Å². The molecule has 1 amide bonds. The van der Waals surface area contributed by atoms with Gasteiger partial charge in [-0.25, -0.2) is 12.8 Å². The predicted octanol–water partition coefficient (Wildman–Crippen LogP) is 22.1. The molecule has 0 aliphatic carbocycles. The molecule has 13 atom stereocenters. The molecule has 0 radical (unpaired) electrons. The van der Waals surface area contributed by atoms with Crippen LogP contribution in [0.5, 0.6) is 5.75 Å². The fourth-order valence-electron chi connectivity index (χ4n) is 15.8. The quantitative estimate of drug-likeness (QED) is 0.0264. The minimum atomic E-state index is -4.70. The van der Waals surface area contributed by atoms with Crippen molar-refractivity contribution in [3.05, 3.63) is 365 Å². The Bertz CT molecular complexity index is 5260. The van der Waals surface area contributed by atoms with Crippen molar-refractivity contribution in [1.29, 1.82) is 0 Å². The molecule has 3 saturated heterocycles. The molecule has 3 heterocycles. The maximum atomic E-state index is 17.4. The van der Waals surface area contributed by atoms with Gasteiger partial charge in [-0.1, -0.05) is 308 Å². The zero-order valence-electron chi connectivity index (χ0n) is 72.8. The van der Waals surface area contributed by atoms with Gasteiger partial charge in [-0.2, -0.15) is 0 Å². The lowest BCUT2D eigenvalue weighted by atomic mass is 9.78. The van der Waals surface area contributed by atoms with Gasteiger partial charge in [0.1, 0.15) is 66.5 Å². The van der Waals surface area contributed by atoms with Gasteiger partial charge >= 0.3 is 0 Å². The first-order valence-electron chi connectivity index (χ1n) is 43.3. The van der Waals surface area contributed by atoms with Gasteiger partial charge in [0.15, 0.2) is 24.4 Å². The van der Waals surface area contributed by atoms with Crippen LogP contribution in [0.25, 0.3) is 11.1 Å². The van der Waals surface area contributed by atoms with Gasteiger partial charge in [-0.15, -0.1) is 0 Å². The molecule has 124 heavy (non-hydrogen) atoms. The predicted molar refractivity (Wildman–Crippen MR) is 488 cm³/mol. The zero-order chi connectivity index (χ0) is 86.9. The second kappa shape index (κ2) is 41.8. The largest absolute Gasteiger partial charge is 0.543 e. The lowest BCUT2D eigenvalue weighted by molar-refractivity contribution is -0.362. The smallest absolute Gasteiger partial charge is 0.250 e. The van der Waals surface area contributed by atoms with E-state index in [1.165, 1.54) is 12.1 Å². The molecule has 0 bridgehead atoms. The SMILES string of the molecule is CC(C)(C)[Si](C)(C)Oc1cccc(-c2ccc([C@@H]3[C@@H](CC[C@H](O[Si](C)(C)C(C)(C)C)c4ccc(F)cc4)C(=O)N3c3ccccc3)c(S(=O)(=O)C[C@@H]3OC(COCc4ccccc4)[C@@H](O[C@@H]4OC(COCc5ccccc5)[C@@H](OCc5ccccc5)[C@H](OCc5ccccc5)C4OCc4ccccc4)[C@H](OCc4ccccc4)C3OCc3ccccc3)c2)c1. The molecule has 14 rings (SSSR count). The van der Waals surface area contributed by atoms with E-state index in [-0.39, 0.29) is 92.6 Å². The number of β-lactam (4-membered cyclic amide) rings is 1. The minimum absolute atomic E-state index is 0.0120. The second-order valence-electron chi connectivity index (χ2n) is 35.7. The molecule has 11 aromatic carbocycles. The van der Waals surface area contributed by atoms with Crippen LogP contribution in [0.1, 0.15) is 117 Å². The summed E-state index contributed by atoms with van der Waals surface area (Å²) in [7, 11) is -9.64. The summed E-state index contributed by atoms with van der Waals surface area (Å²) >= 11 is 0. The zero-order valence-corrected chi connectivity index (χ0v) is 75.6. The molecular weight excluding hydrogens is 1610 g/mol. The topological polar surface area (TPSA) is 165 Å². The molecule has 3 aliphatic rings. The Morgan fingerprint density at radius 1 is 0.419 bits per heavy atom. The van der Waals surface area contributed by atoms with E-state index in [2.05, 4.69) is 67.7 Å². The van der Waals surface area contributed by atoms with Crippen LogP contribution in [0.3, 0.4) is 0 Å². The number of benzene rings is 11. The summed E-state index contributed by atoms with van der Waals surface area (Å²) in [5.74, 6) is -1.33. The van der Waals surface area contributed by atoms with Crippen LogP contribution in [0.15, 0.2) is 314 Å². The number of ether oxygens (including phenoxy) is 10. The van der Waals surface area contributed by atoms with Crippen molar-refractivity contribution in [2.24, 2.45) is 5.92 Å². The van der Waals surface area contributed by atoms with Crippen molar-refractivity contribution in [1.82, 2.24) is 0 Å². The van der Waals surface area contributed by atoms with Crippen LogP contribution in [-0.4, -0.2) is 111 Å².